The van der Waals surface area contributed by atoms with E-state index in [1.165, 1.54) is 6.92 Å². The number of fused-ring (bicyclic) bond motifs is 1. The van der Waals surface area contributed by atoms with Crippen LogP contribution < -0.4 is 9.50 Å². The number of benzene rings is 2. The Balaban J connectivity index is 1.49. The highest BCUT2D eigenvalue weighted by molar-refractivity contribution is 7.88. The van der Waals surface area contributed by atoms with Gasteiger partial charge < -0.3 is 14.4 Å². The van der Waals surface area contributed by atoms with Crippen LogP contribution in [0.1, 0.15) is 48.9 Å². The number of hydrogen-bond acceptors (Lipinski definition) is 6. The van der Waals surface area contributed by atoms with E-state index in [4.69, 9.17) is 0 Å². The van der Waals surface area contributed by atoms with Crippen molar-refractivity contribution in [3.05, 3.63) is 58.7 Å². The van der Waals surface area contributed by atoms with Crippen LogP contribution in [-0.4, -0.2) is 74.8 Å². The summed E-state index contributed by atoms with van der Waals surface area (Å²) in [6.07, 6.45) is -2.83. The maximum atomic E-state index is 15.8. The highest BCUT2D eigenvalue weighted by Gasteiger charge is 2.55. The summed E-state index contributed by atoms with van der Waals surface area (Å²) in [6, 6.07) is 1.90. The number of anilines is 1. The zero-order valence-corrected chi connectivity index (χ0v) is 24.2. The zero-order valence-electron chi connectivity index (χ0n) is 23.4. The number of alkyl halides is 7. The number of rotatable bonds is 9. The summed E-state index contributed by atoms with van der Waals surface area (Å²) in [5, 5.41) is 3.16. The van der Waals surface area contributed by atoms with Crippen LogP contribution in [0.2, 0.25) is 0 Å². The van der Waals surface area contributed by atoms with Crippen molar-refractivity contribution in [3.8, 4) is 5.75 Å². The summed E-state index contributed by atoms with van der Waals surface area (Å²) in [5.74, 6) is -3.02. The lowest BCUT2D eigenvalue weighted by Crippen LogP contribution is -2.47. The molecule has 244 valence electrons. The molecule has 3 aliphatic rings. The minimum atomic E-state index is -6.04. The molecule has 2 unspecified atom stereocenters. The van der Waals surface area contributed by atoms with Gasteiger partial charge in [-0.15, -0.1) is 0 Å². The number of nitrogens with zero attached hydrogens (tertiary/aromatic N) is 2. The zero-order chi connectivity index (χ0) is 32.2. The van der Waals surface area contributed by atoms with E-state index >= 15 is 8.78 Å². The number of nitrogens with one attached hydrogen (secondary N) is 1. The van der Waals surface area contributed by atoms with Crippen molar-refractivity contribution in [1.82, 2.24) is 9.80 Å². The molecule has 0 radical (unpaired) electrons. The molecular weight excluding hydrogens is 629 g/mol. The molecule has 0 amide bonds. The summed E-state index contributed by atoms with van der Waals surface area (Å²) in [5.41, 5.74) is -6.41. The van der Waals surface area contributed by atoms with E-state index in [9.17, 15) is 39.2 Å². The summed E-state index contributed by atoms with van der Waals surface area (Å²) >= 11 is 0. The van der Waals surface area contributed by atoms with Crippen molar-refractivity contribution in [2.45, 2.75) is 62.4 Å². The Morgan fingerprint density at radius 1 is 1.05 bits per heavy atom. The van der Waals surface area contributed by atoms with Gasteiger partial charge in [-0.1, -0.05) is 6.07 Å². The minimum Gasteiger partial charge on any atom is -0.380 e. The highest BCUT2D eigenvalue weighted by Crippen LogP contribution is 2.54. The fourth-order valence-corrected chi connectivity index (χ4v) is 6.87. The van der Waals surface area contributed by atoms with Crippen LogP contribution in [0.4, 0.5) is 45.2 Å². The minimum absolute atomic E-state index is 0.0427. The summed E-state index contributed by atoms with van der Waals surface area (Å²) in [4.78, 5) is 2.93. The molecule has 6 nitrogen and oxygen atoms in total. The first-order valence-corrected chi connectivity index (χ1v) is 15.3. The molecular formula is C28H30F9N3O3S. The molecule has 0 aromatic heterocycles. The molecule has 1 saturated heterocycles. The molecule has 1 saturated carbocycles. The Hall–Kier alpha value is -2.72. The van der Waals surface area contributed by atoms with Gasteiger partial charge in [0, 0.05) is 48.4 Å². The number of halogens is 9. The van der Waals surface area contributed by atoms with Crippen molar-refractivity contribution >= 4 is 15.8 Å². The van der Waals surface area contributed by atoms with Crippen LogP contribution in [0.25, 0.3) is 0 Å². The van der Waals surface area contributed by atoms with E-state index in [1.807, 2.05) is 0 Å². The second kappa shape index (κ2) is 11.6. The fraction of sp³-hybridized carbons (Fsp3) is 0.571. The van der Waals surface area contributed by atoms with Crippen molar-refractivity contribution in [2.24, 2.45) is 5.41 Å². The molecule has 5 rings (SSSR count). The first-order chi connectivity index (χ1) is 20.4. The standard InChI is InChI=1S/C28H30F9N3O3S/c1-16-9-17-10-19(43-44(41,42)28(35,36)37)3-4-20(17)25(40(16)15-27(32,33)34)24-21(30)11-18(12-22(24)31)38-23-13-39(8-2-7-29)14-26(23)5-6-26/h3-4,10-12,16,23,25,38H,2,5-9,13-15H2,1H3/t16-,23?,25?/m1/s1. The van der Waals surface area contributed by atoms with Crippen molar-refractivity contribution < 1.29 is 52.1 Å². The van der Waals surface area contributed by atoms with Crippen molar-refractivity contribution in [3.63, 3.8) is 0 Å². The Labute approximate surface area is 248 Å². The van der Waals surface area contributed by atoms with Crippen LogP contribution in [-0.2, 0) is 16.5 Å². The lowest BCUT2D eigenvalue weighted by molar-refractivity contribution is -0.155. The monoisotopic (exact) mass is 659 g/mol. The van der Waals surface area contributed by atoms with Gasteiger partial charge in [-0.25, -0.2) is 8.78 Å². The first-order valence-electron chi connectivity index (χ1n) is 13.9. The molecule has 44 heavy (non-hydrogen) atoms. The second-order valence-corrected chi connectivity index (χ2v) is 13.3. The summed E-state index contributed by atoms with van der Waals surface area (Å²) in [7, 11) is -6.04. The fourth-order valence-electron chi connectivity index (χ4n) is 6.42. The van der Waals surface area contributed by atoms with Crippen molar-refractivity contribution in [2.75, 3.05) is 38.2 Å². The van der Waals surface area contributed by atoms with E-state index < -0.39 is 70.1 Å². The second-order valence-electron chi connectivity index (χ2n) is 11.8. The number of hydrogen-bond donors (Lipinski definition) is 1. The normalized spacial score (nSPS) is 24.0. The van der Waals surface area contributed by atoms with Gasteiger partial charge in [-0.3, -0.25) is 9.29 Å². The summed E-state index contributed by atoms with van der Waals surface area (Å²) in [6.45, 7) is 1.14. The van der Waals surface area contributed by atoms with Gasteiger partial charge in [0.05, 0.1) is 19.3 Å². The van der Waals surface area contributed by atoms with Gasteiger partial charge in [0.15, 0.2) is 0 Å². The third-order valence-electron chi connectivity index (χ3n) is 8.59. The first kappa shape index (κ1) is 32.7. The topological polar surface area (TPSA) is 61.9 Å². The van der Waals surface area contributed by atoms with Crippen LogP contribution >= 0.6 is 0 Å². The molecule has 1 N–H and O–H groups in total. The van der Waals surface area contributed by atoms with Crippen LogP contribution in [0, 0.1) is 17.0 Å². The Kier molecular flexibility index (Phi) is 8.59. The van der Waals surface area contributed by atoms with Crippen molar-refractivity contribution in [1.29, 1.82) is 0 Å². The van der Waals surface area contributed by atoms with Crippen LogP contribution in [0.3, 0.4) is 0 Å². The maximum absolute atomic E-state index is 15.8. The highest BCUT2D eigenvalue weighted by atomic mass is 32.2. The van der Waals surface area contributed by atoms with E-state index in [0.717, 1.165) is 48.1 Å². The molecule has 3 atom stereocenters. The Morgan fingerprint density at radius 3 is 2.27 bits per heavy atom. The Morgan fingerprint density at radius 2 is 1.70 bits per heavy atom. The smallest absolute Gasteiger partial charge is 0.380 e. The van der Waals surface area contributed by atoms with Gasteiger partial charge in [0.1, 0.15) is 17.4 Å². The average molecular weight is 660 g/mol. The predicted molar refractivity (Wildman–Crippen MR) is 142 cm³/mol. The number of likely N-dealkylation sites (tertiary alicyclic amines) is 1. The van der Waals surface area contributed by atoms with E-state index in [2.05, 4.69) is 14.4 Å². The molecule has 1 aliphatic carbocycles. The van der Waals surface area contributed by atoms with Gasteiger partial charge in [0.2, 0.25) is 0 Å². The van der Waals surface area contributed by atoms with Crippen LogP contribution in [0.5, 0.6) is 5.75 Å². The average Bonchev–Trinajstić information content (AvgIpc) is 3.58. The van der Waals surface area contributed by atoms with Gasteiger partial charge in [-0.05, 0) is 68.0 Å². The molecule has 2 aromatic carbocycles. The lowest BCUT2D eigenvalue weighted by atomic mass is 9.84. The summed E-state index contributed by atoms with van der Waals surface area (Å²) < 4.78 is 151. The van der Waals surface area contributed by atoms with Gasteiger partial charge in [-0.2, -0.15) is 34.8 Å². The molecule has 2 aliphatic heterocycles. The molecule has 2 heterocycles. The van der Waals surface area contributed by atoms with E-state index in [1.54, 1.807) is 0 Å². The maximum Gasteiger partial charge on any atom is 0.534 e. The van der Waals surface area contributed by atoms with Gasteiger partial charge >= 0.3 is 21.8 Å². The SMILES string of the molecule is C[C@@H]1Cc2cc(OS(=O)(=O)C(F)(F)F)ccc2C(c2c(F)cc(NC3CN(CCCF)CC34CC4)cc2F)N1CC(F)(F)F. The Bertz CT molecular complexity index is 1470. The predicted octanol–water partition coefficient (Wildman–Crippen LogP) is 6.33. The van der Waals surface area contributed by atoms with Crippen LogP contribution in [0.15, 0.2) is 30.3 Å². The third kappa shape index (κ3) is 6.62. The molecule has 2 aromatic rings. The lowest BCUT2D eigenvalue weighted by Gasteiger charge is -2.42. The molecule has 1 spiro atoms. The van der Waals surface area contributed by atoms with Gasteiger partial charge in [0.25, 0.3) is 0 Å². The molecule has 2 fully saturated rings. The molecule has 16 heteroatoms. The quantitative estimate of drug-likeness (QED) is 0.193. The van der Waals surface area contributed by atoms with E-state index in [0.29, 0.717) is 26.1 Å². The molecule has 0 bridgehead atoms. The van der Waals surface area contributed by atoms with E-state index in [-0.39, 0.29) is 34.7 Å². The largest absolute Gasteiger partial charge is 0.534 e. The third-order valence-corrected chi connectivity index (χ3v) is 9.56.